The zero-order valence-corrected chi connectivity index (χ0v) is 12.8. The second kappa shape index (κ2) is 5.77. The average Bonchev–Trinajstić information content (AvgIpc) is 3.11. The fraction of sp³-hybridized carbons (Fsp3) is 0.176. The molecule has 0 radical (unpaired) electrons. The number of hydrogen-bond donors (Lipinski definition) is 1. The van der Waals surface area contributed by atoms with Crippen LogP contribution in [-0.4, -0.2) is 32.5 Å². The third-order valence-electron chi connectivity index (χ3n) is 4.04. The van der Waals surface area contributed by atoms with E-state index in [0.29, 0.717) is 31.0 Å². The van der Waals surface area contributed by atoms with E-state index < -0.39 is 0 Å². The second-order valence-corrected chi connectivity index (χ2v) is 5.62. The SMILES string of the molecule is Nc1ncc2c(n1)CN(C(=O)c1cc(-c3ccccc3)on1)CC2. The van der Waals surface area contributed by atoms with Gasteiger partial charge in [-0.15, -0.1) is 0 Å². The molecule has 2 N–H and O–H groups in total. The highest BCUT2D eigenvalue weighted by Gasteiger charge is 2.25. The highest BCUT2D eigenvalue weighted by atomic mass is 16.5. The number of fused-ring (bicyclic) bond motifs is 1. The number of nitrogens with zero attached hydrogens (tertiary/aromatic N) is 4. The number of hydrogen-bond acceptors (Lipinski definition) is 6. The summed E-state index contributed by atoms with van der Waals surface area (Å²) in [6.45, 7) is 0.987. The van der Waals surface area contributed by atoms with E-state index in [9.17, 15) is 4.79 Å². The van der Waals surface area contributed by atoms with Gasteiger partial charge in [-0.05, 0) is 12.0 Å². The predicted octanol–water partition coefficient (Wildman–Crippen LogP) is 1.91. The molecule has 120 valence electrons. The number of benzene rings is 1. The lowest BCUT2D eigenvalue weighted by atomic mass is 10.1. The first kappa shape index (κ1) is 14.4. The number of aromatic nitrogens is 3. The minimum absolute atomic E-state index is 0.177. The maximum atomic E-state index is 12.7. The molecule has 1 amide bonds. The number of rotatable bonds is 2. The van der Waals surface area contributed by atoms with Crippen LogP contribution in [0.4, 0.5) is 5.95 Å². The highest BCUT2D eigenvalue weighted by Crippen LogP contribution is 2.22. The van der Waals surface area contributed by atoms with E-state index in [1.807, 2.05) is 30.3 Å². The molecule has 0 aliphatic carbocycles. The van der Waals surface area contributed by atoms with E-state index in [2.05, 4.69) is 15.1 Å². The summed E-state index contributed by atoms with van der Waals surface area (Å²) >= 11 is 0. The molecule has 0 spiro atoms. The zero-order chi connectivity index (χ0) is 16.5. The first-order valence-electron chi connectivity index (χ1n) is 7.62. The summed E-state index contributed by atoms with van der Waals surface area (Å²) < 4.78 is 5.31. The summed E-state index contributed by atoms with van der Waals surface area (Å²) in [4.78, 5) is 22.6. The van der Waals surface area contributed by atoms with Crippen LogP contribution in [0.5, 0.6) is 0 Å². The Morgan fingerprint density at radius 3 is 2.92 bits per heavy atom. The van der Waals surface area contributed by atoms with E-state index >= 15 is 0 Å². The van der Waals surface area contributed by atoms with Gasteiger partial charge in [0.25, 0.3) is 5.91 Å². The van der Waals surface area contributed by atoms with E-state index in [-0.39, 0.29) is 11.9 Å². The summed E-state index contributed by atoms with van der Waals surface area (Å²) in [5, 5.41) is 3.92. The van der Waals surface area contributed by atoms with Gasteiger partial charge >= 0.3 is 0 Å². The molecule has 2 aromatic heterocycles. The highest BCUT2D eigenvalue weighted by molar-refractivity contribution is 5.93. The van der Waals surface area contributed by atoms with Crippen molar-refractivity contribution in [3.8, 4) is 11.3 Å². The maximum absolute atomic E-state index is 12.7. The summed E-state index contributed by atoms with van der Waals surface area (Å²) in [5.74, 6) is 0.613. The summed E-state index contributed by atoms with van der Waals surface area (Å²) in [6, 6.07) is 11.2. The van der Waals surface area contributed by atoms with Crippen LogP contribution >= 0.6 is 0 Å². The molecule has 0 saturated heterocycles. The van der Waals surface area contributed by atoms with E-state index in [1.54, 1.807) is 17.2 Å². The van der Waals surface area contributed by atoms with Crippen LogP contribution in [0.3, 0.4) is 0 Å². The lowest BCUT2D eigenvalue weighted by Gasteiger charge is -2.27. The van der Waals surface area contributed by atoms with Crippen LogP contribution in [0.1, 0.15) is 21.7 Å². The summed E-state index contributed by atoms with van der Waals surface area (Å²) in [7, 11) is 0. The molecule has 1 aliphatic rings. The molecular formula is C17H15N5O2. The zero-order valence-electron chi connectivity index (χ0n) is 12.8. The number of nitrogen functional groups attached to an aromatic ring is 1. The Bertz CT molecular complexity index is 891. The lowest BCUT2D eigenvalue weighted by molar-refractivity contribution is 0.0721. The van der Waals surface area contributed by atoms with Gasteiger partial charge in [0, 0.05) is 24.4 Å². The van der Waals surface area contributed by atoms with Crippen molar-refractivity contribution in [1.29, 1.82) is 0 Å². The summed E-state index contributed by atoms with van der Waals surface area (Å²) in [5.41, 5.74) is 8.62. The Morgan fingerprint density at radius 2 is 2.08 bits per heavy atom. The van der Waals surface area contributed by atoms with Crippen LogP contribution in [0.15, 0.2) is 47.1 Å². The molecule has 0 atom stereocenters. The largest absolute Gasteiger partial charge is 0.368 e. The lowest BCUT2D eigenvalue weighted by Crippen LogP contribution is -2.36. The average molecular weight is 321 g/mol. The van der Waals surface area contributed by atoms with Crippen molar-refractivity contribution in [2.45, 2.75) is 13.0 Å². The monoisotopic (exact) mass is 321 g/mol. The van der Waals surface area contributed by atoms with Crippen LogP contribution in [0.2, 0.25) is 0 Å². The smallest absolute Gasteiger partial charge is 0.276 e. The number of nitrogens with two attached hydrogens (primary N) is 1. The van der Waals surface area contributed by atoms with Crippen molar-refractivity contribution in [3.63, 3.8) is 0 Å². The fourth-order valence-electron chi connectivity index (χ4n) is 2.77. The number of anilines is 1. The normalized spacial score (nSPS) is 13.6. The Labute approximate surface area is 138 Å². The molecule has 0 fully saturated rings. The quantitative estimate of drug-likeness (QED) is 0.774. The molecule has 7 nitrogen and oxygen atoms in total. The molecule has 1 aliphatic heterocycles. The topological polar surface area (TPSA) is 98.1 Å². The van der Waals surface area contributed by atoms with Crippen molar-refractivity contribution in [3.05, 3.63) is 59.5 Å². The molecule has 0 unspecified atom stereocenters. The Morgan fingerprint density at radius 1 is 1.25 bits per heavy atom. The first-order valence-corrected chi connectivity index (χ1v) is 7.62. The Balaban J connectivity index is 1.56. The molecule has 1 aromatic carbocycles. The molecule has 7 heteroatoms. The van der Waals surface area contributed by atoms with Crippen LogP contribution in [0.25, 0.3) is 11.3 Å². The van der Waals surface area contributed by atoms with Crippen molar-refractivity contribution < 1.29 is 9.32 Å². The van der Waals surface area contributed by atoms with E-state index in [4.69, 9.17) is 10.3 Å². The number of carbonyl (C=O) groups excluding carboxylic acids is 1. The van der Waals surface area contributed by atoms with Crippen molar-refractivity contribution in [2.24, 2.45) is 0 Å². The van der Waals surface area contributed by atoms with Gasteiger partial charge in [-0.1, -0.05) is 35.5 Å². The van der Waals surface area contributed by atoms with Crippen molar-refractivity contribution >= 4 is 11.9 Å². The molecule has 24 heavy (non-hydrogen) atoms. The van der Waals surface area contributed by atoms with Crippen LogP contribution < -0.4 is 5.73 Å². The predicted molar refractivity (Wildman–Crippen MR) is 86.8 cm³/mol. The fourth-order valence-corrected chi connectivity index (χ4v) is 2.77. The maximum Gasteiger partial charge on any atom is 0.276 e. The molecule has 0 saturated carbocycles. The second-order valence-electron chi connectivity index (χ2n) is 5.62. The Hall–Kier alpha value is -3.22. The van der Waals surface area contributed by atoms with Gasteiger partial charge in [0.15, 0.2) is 11.5 Å². The van der Waals surface area contributed by atoms with E-state index in [1.165, 1.54) is 0 Å². The van der Waals surface area contributed by atoms with Gasteiger partial charge in [0.05, 0.1) is 12.2 Å². The number of amides is 1. The van der Waals surface area contributed by atoms with Crippen molar-refractivity contribution in [1.82, 2.24) is 20.0 Å². The van der Waals surface area contributed by atoms with Gasteiger partial charge in [-0.2, -0.15) is 0 Å². The third kappa shape index (κ3) is 2.60. The van der Waals surface area contributed by atoms with Crippen LogP contribution in [0, 0.1) is 0 Å². The van der Waals surface area contributed by atoms with Crippen LogP contribution in [-0.2, 0) is 13.0 Å². The summed E-state index contributed by atoms with van der Waals surface area (Å²) in [6.07, 6.45) is 2.42. The molecule has 3 aromatic rings. The van der Waals surface area contributed by atoms with Gasteiger partial charge in [0.1, 0.15) is 0 Å². The van der Waals surface area contributed by atoms with Crippen molar-refractivity contribution in [2.75, 3.05) is 12.3 Å². The van der Waals surface area contributed by atoms with Gasteiger partial charge in [-0.3, -0.25) is 4.79 Å². The van der Waals surface area contributed by atoms with Gasteiger partial charge < -0.3 is 15.2 Å². The molecule has 4 rings (SSSR count). The third-order valence-corrected chi connectivity index (χ3v) is 4.04. The van der Waals surface area contributed by atoms with Gasteiger partial charge in [-0.25, -0.2) is 9.97 Å². The molecule has 3 heterocycles. The molecule has 0 bridgehead atoms. The molecular weight excluding hydrogens is 306 g/mol. The Kier molecular flexibility index (Phi) is 3.45. The van der Waals surface area contributed by atoms with Gasteiger partial charge in [0.2, 0.25) is 5.95 Å². The minimum atomic E-state index is -0.177. The standard InChI is InChI=1S/C17H15N5O2/c18-17-19-9-12-6-7-22(10-14(12)20-17)16(23)13-8-15(24-21-13)11-4-2-1-3-5-11/h1-5,8-9H,6-7,10H2,(H2,18,19,20). The minimum Gasteiger partial charge on any atom is -0.368 e. The number of carbonyl (C=O) groups is 1. The van der Waals surface area contributed by atoms with E-state index in [0.717, 1.165) is 16.8 Å². The first-order chi connectivity index (χ1) is 11.7.